The molecule has 2 aromatic carbocycles. The molecule has 0 fully saturated rings. The first-order valence-corrected chi connectivity index (χ1v) is 9.57. The zero-order valence-corrected chi connectivity index (χ0v) is 16.4. The Labute approximate surface area is 172 Å². The Balaban J connectivity index is 1.72. The number of alkyl halides is 3. The summed E-state index contributed by atoms with van der Waals surface area (Å²) in [5.41, 5.74) is -0.152. The summed E-state index contributed by atoms with van der Waals surface area (Å²) in [5, 5.41) is 4.44. The van der Waals surface area contributed by atoms with Crippen LogP contribution in [0.5, 0.6) is 0 Å². The molecule has 29 heavy (non-hydrogen) atoms. The highest BCUT2D eigenvalue weighted by atomic mass is 35.5. The lowest BCUT2D eigenvalue weighted by molar-refractivity contribution is -0.137. The molecule has 0 amide bonds. The van der Waals surface area contributed by atoms with Crippen molar-refractivity contribution in [1.29, 1.82) is 0 Å². The van der Waals surface area contributed by atoms with E-state index in [0.717, 1.165) is 12.1 Å². The first kappa shape index (κ1) is 19.6. The highest BCUT2D eigenvalue weighted by Crippen LogP contribution is 2.38. The Morgan fingerprint density at radius 3 is 2.45 bits per heavy atom. The smallest absolute Gasteiger partial charge is 0.248 e. The van der Waals surface area contributed by atoms with Gasteiger partial charge in [0.1, 0.15) is 5.82 Å². The van der Waals surface area contributed by atoms with Gasteiger partial charge in [0.2, 0.25) is 0 Å². The van der Waals surface area contributed by atoms with Gasteiger partial charge >= 0.3 is 6.18 Å². The van der Waals surface area contributed by atoms with Crippen molar-refractivity contribution in [2.45, 2.75) is 6.18 Å². The minimum Gasteiger partial charge on any atom is -0.248 e. The molecule has 0 spiro atoms. The summed E-state index contributed by atoms with van der Waals surface area (Å²) in [6.07, 6.45) is -4.41. The van der Waals surface area contributed by atoms with Crippen LogP contribution < -0.4 is 0 Å². The molecule has 0 aliphatic carbocycles. The molecule has 0 saturated carbocycles. The lowest BCUT2D eigenvalue weighted by Gasteiger charge is -2.07. The summed E-state index contributed by atoms with van der Waals surface area (Å²) in [6.45, 7) is 0. The van der Waals surface area contributed by atoms with E-state index in [1.807, 2.05) is 0 Å². The molecule has 4 rings (SSSR count). The monoisotopic (exact) mass is 437 g/mol. The number of nitrogens with zero attached hydrogens (tertiary/aromatic N) is 3. The van der Waals surface area contributed by atoms with Crippen LogP contribution in [0.4, 0.5) is 17.6 Å². The summed E-state index contributed by atoms with van der Waals surface area (Å²) in [4.78, 5) is 5.73. The zero-order chi connectivity index (χ0) is 20.8. The summed E-state index contributed by atoms with van der Waals surface area (Å²) in [6, 6.07) is 12.9. The van der Waals surface area contributed by atoms with Crippen molar-refractivity contribution in [3.63, 3.8) is 0 Å². The molecular formula is C20H12ClF4N3S. The van der Waals surface area contributed by atoms with Gasteiger partial charge in [-0.25, -0.2) is 14.1 Å². The fourth-order valence-corrected chi connectivity index (χ4v) is 4.15. The number of thiophene rings is 1. The van der Waals surface area contributed by atoms with Crippen molar-refractivity contribution >= 4 is 22.9 Å². The average Bonchev–Trinajstić information content (AvgIpc) is 3.28. The number of hydrogen-bond donors (Lipinski definition) is 0. The van der Waals surface area contributed by atoms with E-state index in [9.17, 15) is 17.6 Å². The first-order valence-electron chi connectivity index (χ1n) is 8.37. The lowest BCUT2D eigenvalue weighted by atomic mass is 10.1. The van der Waals surface area contributed by atoms with Gasteiger partial charge in [0, 0.05) is 11.9 Å². The van der Waals surface area contributed by atoms with Crippen molar-refractivity contribution in [2.24, 2.45) is 7.05 Å². The molecule has 3 nitrogen and oxygen atoms in total. The second-order valence-electron chi connectivity index (χ2n) is 6.22. The number of halogens is 5. The van der Waals surface area contributed by atoms with E-state index in [1.54, 1.807) is 31.3 Å². The fourth-order valence-electron chi connectivity index (χ4n) is 2.88. The minimum absolute atomic E-state index is 0.102. The maximum atomic E-state index is 14.2. The van der Waals surface area contributed by atoms with Crippen molar-refractivity contribution in [1.82, 2.24) is 14.8 Å². The fraction of sp³-hybridized carbons (Fsp3) is 0.100. The van der Waals surface area contributed by atoms with Crippen LogP contribution in [0.2, 0.25) is 5.02 Å². The molecule has 0 aliphatic rings. The molecule has 0 bridgehead atoms. The largest absolute Gasteiger partial charge is 0.416 e. The predicted octanol–water partition coefficient (Wildman–Crippen LogP) is 6.69. The Bertz CT molecular complexity index is 1180. The maximum Gasteiger partial charge on any atom is 0.416 e. The highest BCUT2D eigenvalue weighted by Gasteiger charge is 2.30. The van der Waals surface area contributed by atoms with E-state index in [4.69, 9.17) is 11.6 Å². The molecule has 0 N–H and O–H groups in total. The number of benzene rings is 2. The SMILES string of the molecule is Cn1nc(-c2c(F)cccc2Cl)nc1-c1ccc(-c2cccc(C(F)(F)F)c2)s1. The van der Waals surface area contributed by atoms with Crippen molar-refractivity contribution in [3.8, 4) is 32.5 Å². The lowest BCUT2D eigenvalue weighted by Crippen LogP contribution is -2.04. The van der Waals surface area contributed by atoms with E-state index in [2.05, 4.69) is 10.1 Å². The Kier molecular flexibility index (Phi) is 4.92. The molecule has 9 heteroatoms. The van der Waals surface area contributed by atoms with Crippen LogP contribution in [0, 0.1) is 5.82 Å². The predicted molar refractivity (Wildman–Crippen MR) is 105 cm³/mol. The summed E-state index contributed by atoms with van der Waals surface area (Å²) < 4.78 is 54.6. The van der Waals surface area contributed by atoms with Crippen LogP contribution in [0.1, 0.15) is 5.56 Å². The Morgan fingerprint density at radius 1 is 1.00 bits per heavy atom. The van der Waals surface area contributed by atoms with E-state index < -0.39 is 17.6 Å². The highest BCUT2D eigenvalue weighted by molar-refractivity contribution is 7.18. The van der Waals surface area contributed by atoms with Gasteiger partial charge in [0.15, 0.2) is 11.6 Å². The Morgan fingerprint density at radius 2 is 1.72 bits per heavy atom. The molecule has 0 unspecified atom stereocenters. The number of aromatic nitrogens is 3. The van der Waals surface area contributed by atoms with Crippen LogP contribution in [0.15, 0.2) is 54.6 Å². The number of hydrogen-bond acceptors (Lipinski definition) is 3. The van der Waals surface area contributed by atoms with Crippen molar-refractivity contribution in [2.75, 3.05) is 0 Å². The minimum atomic E-state index is -4.41. The van der Waals surface area contributed by atoms with Crippen molar-refractivity contribution in [3.05, 3.63) is 71.0 Å². The second kappa shape index (κ2) is 7.27. The van der Waals surface area contributed by atoms with Crippen LogP contribution in [-0.2, 0) is 13.2 Å². The molecule has 2 aromatic heterocycles. The van der Waals surface area contributed by atoms with E-state index in [1.165, 1.54) is 34.2 Å². The van der Waals surface area contributed by atoms with Crippen molar-refractivity contribution < 1.29 is 17.6 Å². The third-order valence-electron chi connectivity index (χ3n) is 4.25. The van der Waals surface area contributed by atoms with Crippen LogP contribution >= 0.6 is 22.9 Å². The summed E-state index contributed by atoms with van der Waals surface area (Å²) in [7, 11) is 1.66. The maximum absolute atomic E-state index is 14.2. The van der Waals surface area contributed by atoms with Gasteiger partial charge in [-0.15, -0.1) is 11.3 Å². The molecule has 0 atom stereocenters. The van der Waals surface area contributed by atoms with Crippen LogP contribution in [-0.4, -0.2) is 14.8 Å². The second-order valence-corrected chi connectivity index (χ2v) is 7.71. The van der Waals surface area contributed by atoms with Gasteiger partial charge in [-0.05, 0) is 42.0 Å². The molecule has 0 saturated heterocycles. The molecule has 0 radical (unpaired) electrons. The molecule has 4 aromatic rings. The van der Waals surface area contributed by atoms with Gasteiger partial charge in [-0.2, -0.15) is 18.3 Å². The summed E-state index contributed by atoms with van der Waals surface area (Å²) >= 11 is 7.36. The number of rotatable bonds is 3. The molecule has 0 aliphatic heterocycles. The quantitative estimate of drug-likeness (QED) is 0.334. The summed E-state index contributed by atoms with van der Waals surface area (Å²) in [5.74, 6) is 0.0626. The van der Waals surface area contributed by atoms with E-state index >= 15 is 0 Å². The molecular weight excluding hydrogens is 426 g/mol. The van der Waals surface area contributed by atoms with E-state index in [0.29, 0.717) is 21.1 Å². The van der Waals surface area contributed by atoms with Crippen LogP contribution in [0.25, 0.3) is 32.5 Å². The zero-order valence-electron chi connectivity index (χ0n) is 14.8. The topological polar surface area (TPSA) is 30.7 Å². The van der Waals surface area contributed by atoms with Gasteiger partial charge in [-0.1, -0.05) is 29.8 Å². The van der Waals surface area contributed by atoms with E-state index in [-0.39, 0.29) is 16.4 Å². The number of aryl methyl sites for hydroxylation is 1. The molecule has 148 valence electrons. The third kappa shape index (κ3) is 3.77. The normalized spacial score (nSPS) is 11.8. The molecule has 2 heterocycles. The van der Waals surface area contributed by atoms with Gasteiger partial charge in [0.05, 0.1) is 21.0 Å². The Hall–Kier alpha value is -2.71. The van der Waals surface area contributed by atoms with Gasteiger partial charge in [0.25, 0.3) is 0 Å². The standard InChI is InChI=1S/C20H12ClF4N3S/c1-28-19(26-18(27-28)17-13(21)6-3-7-14(17)22)16-9-8-15(29-16)11-4-2-5-12(10-11)20(23,24)25/h2-10H,1H3. The first-order chi connectivity index (χ1) is 13.7. The van der Waals surface area contributed by atoms with Gasteiger partial charge < -0.3 is 0 Å². The van der Waals surface area contributed by atoms with Gasteiger partial charge in [-0.3, -0.25) is 0 Å². The third-order valence-corrected chi connectivity index (χ3v) is 5.70. The van der Waals surface area contributed by atoms with Crippen LogP contribution in [0.3, 0.4) is 0 Å². The average molecular weight is 438 g/mol.